The molecule has 28 heavy (non-hydrogen) atoms. The Hall–Kier alpha value is -2.78. The van der Waals surface area contributed by atoms with Gasteiger partial charge in [0.25, 0.3) is 11.8 Å². The highest BCUT2D eigenvalue weighted by molar-refractivity contribution is 5.94. The van der Waals surface area contributed by atoms with Crippen molar-refractivity contribution in [3.63, 3.8) is 0 Å². The van der Waals surface area contributed by atoms with Crippen LogP contribution in [0.3, 0.4) is 0 Å². The standard InChI is InChI=1S/C19H21FN4O4/c20-14-3-1-2-13(10-14)19(26)24-11-15-16(12-24)28-18(22-15)17(25)21-4-5-23-6-8-27-9-7-23/h1-3,10H,4-9,11-12H2,(H,21,25). The fraction of sp³-hybridized carbons (Fsp3) is 0.421. The predicted octanol–water partition coefficient (Wildman–Crippen LogP) is 1.03. The molecular weight excluding hydrogens is 367 g/mol. The van der Waals surface area contributed by atoms with Crippen molar-refractivity contribution < 1.29 is 23.1 Å². The van der Waals surface area contributed by atoms with Crippen LogP contribution < -0.4 is 5.32 Å². The summed E-state index contributed by atoms with van der Waals surface area (Å²) in [5.41, 5.74) is 0.828. The second kappa shape index (κ2) is 8.07. The zero-order valence-electron chi connectivity index (χ0n) is 15.3. The second-order valence-corrected chi connectivity index (χ2v) is 6.77. The molecule has 1 N–H and O–H groups in total. The van der Waals surface area contributed by atoms with Gasteiger partial charge in [0, 0.05) is 31.7 Å². The number of nitrogens with one attached hydrogen (secondary N) is 1. The molecule has 0 saturated carbocycles. The molecule has 2 aliphatic rings. The Morgan fingerprint density at radius 1 is 1.21 bits per heavy atom. The van der Waals surface area contributed by atoms with Crippen LogP contribution in [0.15, 0.2) is 28.7 Å². The van der Waals surface area contributed by atoms with E-state index in [0.29, 0.717) is 31.2 Å². The first-order valence-corrected chi connectivity index (χ1v) is 9.22. The summed E-state index contributed by atoms with van der Waals surface area (Å²) in [7, 11) is 0. The van der Waals surface area contributed by atoms with Crippen LogP contribution in [-0.2, 0) is 17.8 Å². The molecule has 0 unspecified atom stereocenters. The topological polar surface area (TPSA) is 87.9 Å². The SMILES string of the molecule is O=C(NCCN1CCOCC1)c1nc2c(o1)CN(C(=O)c1cccc(F)c1)C2. The third-order valence-electron chi connectivity index (χ3n) is 4.82. The van der Waals surface area contributed by atoms with Crippen molar-refractivity contribution in [2.75, 3.05) is 39.4 Å². The maximum absolute atomic E-state index is 13.3. The quantitative estimate of drug-likeness (QED) is 0.823. The van der Waals surface area contributed by atoms with Crippen LogP contribution in [0.2, 0.25) is 0 Å². The molecule has 3 heterocycles. The first kappa shape index (κ1) is 18.6. The number of hydrogen-bond acceptors (Lipinski definition) is 6. The molecule has 2 amide bonds. The van der Waals surface area contributed by atoms with Crippen molar-refractivity contribution in [2.24, 2.45) is 0 Å². The summed E-state index contributed by atoms with van der Waals surface area (Å²) in [6.07, 6.45) is 0. The van der Waals surface area contributed by atoms with Crippen LogP contribution in [0, 0.1) is 5.82 Å². The summed E-state index contributed by atoms with van der Waals surface area (Å²) < 4.78 is 24.2. The zero-order chi connectivity index (χ0) is 19.5. The Bertz CT molecular complexity index is 855. The lowest BCUT2D eigenvalue weighted by Crippen LogP contribution is -2.41. The van der Waals surface area contributed by atoms with Crippen LogP contribution >= 0.6 is 0 Å². The second-order valence-electron chi connectivity index (χ2n) is 6.77. The van der Waals surface area contributed by atoms with Crippen LogP contribution in [0.1, 0.15) is 32.5 Å². The van der Waals surface area contributed by atoms with Gasteiger partial charge in [-0.05, 0) is 18.2 Å². The molecule has 0 radical (unpaired) electrons. The molecule has 148 valence electrons. The molecule has 2 aromatic rings. The van der Waals surface area contributed by atoms with E-state index in [2.05, 4.69) is 15.2 Å². The van der Waals surface area contributed by atoms with Gasteiger partial charge in [-0.25, -0.2) is 9.37 Å². The normalized spacial score (nSPS) is 16.8. The molecule has 9 heteroatoms. The monoisotopic (exact) mass is 388 g/mol. The van der Waals surface area contributed by atoms with Crippen molar-refractivity contribution >= 4 is 11.8 Å². The molecule has 4 rings (SSSR count). The van der Waals surface area contributed by atoms with Gasteiger partial charge in [0.15, 0.2) is 0 Å². The number of morpholine rings is 1. The van der Waals surface area contributed by atoms with E-state index in [1.807, 2.05) is 0 Å². The Labute approximate surface area is 161 Å². The zero-order valence-corrected chi connectivity index (χ0v) is 15.3. The number of ether oxygens (including phenoxy) is 1. The minimum absolute atomic E-state index is 0.00447. The number of hydrogen-bond donors (Lipinski definition) is 1. The number of rotatable bonds is 5. The Morgan fingerprint density at radius 3 is 2.79 bits per heavy atom. The van der Waals surface area contributed by atoms with Gasteiger partial charge in [-0.1, -0.05) is 6.07 Å². The van der Waals surface area contributed by atoms with Gasteiger partial charge in [0.1, 0.15) is 17.3 Å². The van der Waals surface area contributed by atoms with E-state index in [0.717, 1.165) is 19.6 Å². The average molecular weight is 388 g/mol. The lowest BCUT2D eigenvalue weighted by molar-refractivity contribution is 0.0382. The van der Waals surface area contributed by atoms with E-state index in [9.17, 15) is 14.0 Å². The summed E-state index contributed by atoms with van der Waals surface area (Å²) in [5.74, 6) is -0.640. The summed E-state index contributed by atoms with van der Waals surface area (Å²) in [6, 6.07) is 5.54. The van der Waals surface area contributed by atoms with Crippen LogP contribution in [-0.4, -0.2) is 66.0 Å². The molecule has 0 atom stereocenters. The summed E-state index contributed by atoms with van der Waals surface area (Å²) in [6.45, 7) is 4.82. The number of nitrogens with zero attached hydrogens (tertiary/aromatic N) is 3. The van der Waals surface area contributed by atoms with Gasteiger partial charge in [-0.3, -0.25) is 14.5 Å². The number of carbonyl (C=O) groups excluding carboxylic acids is 2. The number of carbonyl (C=O) groups is 2. The molecule has 1 fully saturated rings. The van der Waals surface area contributed by atoms with Gasteiger partial charge >= 0.3 is 5.91 Å². The minimum atomic E-state index is -0.462. The molecule has 2 aliphatic heterocycles. The van der Waals surface area contributed by atoms with E-state index >= 15 is 0 Å². The average Bonchev–Trinajstić information content (AvgIpc) is 3.27. The maximum atomic E-state index is 13.3. The number of amides is 2. The van der Waals surface area contributed by atoms with Gasteiger partial charge in [-0.2, -0.15) is 0 Å². The van der Waals surface area contributed by atoms with E-state index in [4.69, 9.17) is 9.15 Å². The van der Waals surface area contributed by atoms with E-state index in [-0.39, 0.29) is 36.4 Å². The Balaban J connectivity index is 1.30. The highest BCUT2D eigenvalue weighted by Gasteiger charge is 2.31. The highest BCUT2D eigenvalue weighted by Crippen LogP contribution is 2.25. The first-order valence-electron chi connectivity index (χ1n) is 9.22. The van der Waals surface area contributed by atoms with Gasteiger partial charge in [0.05, 0.1) is 26.3 Å². The third-order valence-corrected chi connectivity index (χ3v) is 4.82. The molecule has 0 aliphatic carbocycles. The van der Waals surface area contributed by atoms with Crippen LogP contribution in [0.25, 0.3) is 0 Å². The van der Waals surface area contributed by atoms with Crippen molar-refractivity contribution in [2.45, 2.75) is 13.1 Å². The molecule has 1 aromatic carbocycles. The third kappa shape index (κ3) is 4.05. The summed E-state index contributed by atoms with van der Waals surface area (Å²) in [4.78, 5) is 32.7. The molecular formula is C19H21FN4O4. The van der Waals surface area contributed by atoms with Gasteiger partial charge < -0.3 is 19.4 Å². The number of aromatic nitrogens is 1. The first-order chi connectivity index (χ1) is 13.6. The largest absolute Gasteiger partial charge is 0.435 e. The van der Waals surface area contributed by atoms with Crippen LogP contribution in [0.5, 0.6) is 0 Å². The highest BCUT2D eigenvalue weighted by atomic mass is 19.1. The fourth-order valence-corrected chi connectivity index (χ4v) is 3.31. The van der Waals surface area contributed by atoms with E-state index in [1.165, 1.54) is 23.1 Å². The minimum Gasteiger partial charge on any atom is -0.435 e. The maximum Gasteiger partial charge on any atom is 0.307 e. The fourth-order valence-electron chi connectivity index (χ4n) is 3.31. The van der Waals surface area contributed by atoms with Gasteiger partial charge in [0.2, 0.25) is 0 Å². The Morgan fingerprint density at radius 2 is 2.04 bits per heavy atom. The van der Waals surface area contributed by atoms with Crippen molar-refractivity contribution in [1.29, 1.82) is 0 Å². The van der Waals surface area contributed by atoms with E-state index in [1.54, 1.807) is 6.07 Å². The number of fused-ring (bicyclic) bond motifs is 1. The van der Waals surface area contributed by atoms with Crippen LogP contribution in [0.4, 0.5) is 4.39 Å². The van der Waals surface area contributed by atoms with Crippen molar-refractivity contribution in [3.8, 4) is 0 Å². The number of halogens is 1. The van der Waals surface area contributed by atoms with Crippen molar-refractivity contribution in [1.82, 2.24) is 20.1 Å². The van der Waals surface area contributed by atoms with Gasteiger partial charge in [-0.15, -0.1) is 0 Å². The summed E-state index contributed by atoms with van der Waals surface area (Å²) >= 11 is 0. The lowest BCUT2D eigenvalue weighted by atomic mass is 10.2. The predicted molar refractivity (Wildman–Crippen MR) is 96.1 cm³/mol. The molecule has 0 spiro atoms. The number of benzene rings is 1. The molecule has 1 saturated heterocycles. The van der Waals surface area contributed by atoms with Crippen molar-refractivity contribution in [3.05, 3.63) is 53.0 Å². The lowest BCUT2D eigenvalue weighted by Gasteiger charge is -2.26. The number of oxazole rings is 1. The smallest absolute Gasteiger partial charge is 0.307 e. The molecule has 8 nitrogen and oxygen atoms in total. The van der Waals surface area contributed by atoms with E-state index < -0.39 is 5.82 Å². The molecule has 1 aromatic heterocycles. The Kier molecular flexibility index (Phi) is 5.36. The summed E-state index contributed by atoms with van der Waals surface area (Å²) in [5, 5.41) is 2.80. The molecule has 0 bridgehead atoms.